The van der Waals surface area contributed by atoms with Gasteiger partial charge in [0.05, 0.1) is 5.41 Å². The van der Waals surface area contributed by atoms with Crippen molar-refractivity contribution in [2.45, 2.75) is 26.2 Å². The molecule has 3 nitrogen and oxygen atoms in total. The molecule has 0 atom stereocenters. The molecule has 1 aromatic heterocycles. The second kappa shape index (κ2) is 4.84. The third-order valence-electron chi connectivity index (χ3n) is 3.34. The van der Waals surface area contributed by atoms with Gasteiger partial charge in [0, 0.05) is 23.6 Å². The molecule has 0 saturated carbocycles. The van der Waals surface area contributed by atoms with Crippen LogP contribution in [0.3, 0.4) is 0 Å². The molecule has 1 aromatic carbocycles. The largest absolute Gasteiger partial charge is 0.399 e. The minimum absolute atomic E-state index is 0.0634. The number of aryl methyl sites for hydroxylation is 1. The quantitative estimate of drug-likeness (QED) is 0.676. The van der Waals surface area contributed by atoms with Gasteiger partial charge in [-0.2, -0.15) is 0 Å². The molecular weight excluding hydrogens is 236 g/mol. The number of nitrogens with zero attached hydrogens (tertiary/aromatic N) is 1. The van der Waals surface area contributed by atoms with Crippen LogP contribution in [-0.2, 0) is 5.41 Å². The second-order valence-electron chi connectivity index (χ2n) is 5.33. The normalized spacial score (nSPS) is 11.3. The summed E-state index contributed by atoms with van der Waals surface area (Å²) in [5.41, 5.74) is 8.36. The topological polar surface area (TPSA) is 56.0 Å². The third kappa shape index (κ3) is 2.65. The first-order chi connectivity index (χ1) is 8.91. The third-order valence-corrected chi connectivity index (χ3v) is 3.34. The first-order valence-electron chi connectivity index (χ1n) is 6.24. The van der Waals surface area contributed by atoms with Crippen LogP contribution in [0.25, 0.3) is 0 Å². The van der Waals surface area contributed by atoms with Gasteiger partial charge in [0.2, 0.25) is 0 Å². The van der Waals surface area contributed by atoms with Gasteiger partial charge in [-0.1, -0.05) is 12.1 Å². The molecule has 0 aliphatic carbocycles. The van der Waals surface area contributed by atoms with Crippen molar-refractivity contribution < 1.29 is 4.79 Å². The number of Topliss-reactive ketones (excluding diaryl/α,β-unsaturated/α-hetero) is 1. The highest BCUT2D eigenvalue weighted by molar-refractivity contribution is 6.03. The number of pyridine rings is 1. The van der Waals surface area contributed by atoms with Crippen molar-refractivity contribution in [2.24, 2.45) is 0 Å². The molecule has 0 bridgehead atoms. The van der Waals surface area contributed by atoms with Gasteiger partial charge < -0.3 is 5.73 Å². The number of nitrogens with two attached hydrogens (primary N) is 1. The number of hydrogen-bond acceptors (Lipinski definition) is 3. The van der Waals surface area contributed by atoms with Crippen molar-refractivity contribution >= 4 is 11.5 Å². The zero-order chi connectivity index (χ0) is 14.0. The van der Waals surface area contributed by atoms with Gasteiger partial charge in [0.25, 0.3) is 0 Å². The predicted molar refractivity (Wildman–Crippen MR) is 77.2 cm³/mol. The maximum Gasteiger partial charge on any atom is 0.174 e. The minimum Gasteiger partial charge on any atom is -0.399 e. The maximum atomic E-state index is 12.6. The fraction of sp³-hybridized carbons (Fsp3) is 0.250. The molecule has 98 valence electrons. The van der Waals surface area contributed by atoms with E-state index < -0.39 is 5.41 Å². The molecule has 0 fully saturated rings. The van der Waals surface area contributed by atoms with E-state index in [1.807, 2.05) is 51.1 Å². The Morgan fingerprint density at radius 1 is 1.16 bits per heavy atom. The number of hydrogen-bond donors (Lipinski definition) is 1. The van der Waals surface area contributed by atoms with E-state index in [4.69, 9.17) is 5.73 Å². The molecule has 0 aliphatic rings. The van der Waals surface area contributed by atoms with Crippen molar-refractivity contribution in [1.82, 2.24) is 4.98 Å². The lowest BCUT2D eigenvalue weighted by atomic mass is 9.78. The van der Waals surface area contributed by atoms with E-state index in [0.717, 1.165) is 11.1 Å². The van der Waals surface area contributed by atoms with Crippen LogP contribution in [0.2, 0.25) is 0 Å². The molecular formula is C16H18N2O. The van der Waals surface area contributed by atoms with Gasteiger partial charge in [0.1, 0.15) is 0 Å². The van der Waals surface area contributed by atoms with E-state index in [1.54, 1.807) is 12.4 Å². The Morgan fingerprint density at radius 3 is 2.37 bits per heavy atom. The number of aromatic nitrogens is 1. The van der Waals surface area contributed by atoms with E-state index >= 15 is 0 Å². The van der Waals surface area contributed by atoms with Crippen molar-refractivity contribution in [2.75, 3.05) is 5.73 Å². The Morgan fingerprint density at radius 2 is 1.79 bits per heavy atom. The average molecular weight is 254 g/mol. The Bertz CT molecular complexity index is 600. The number of rotatable bonds is 3. The lowest BCUT2D eigenvalue weighted by Crippen LogP contribution is -2.29. The number of carbonyl (C=O) groups excluding carboxylic acids is 1. The van der Waals surface area contributed by atoms with E-state index in [2.05, 4.69) is 4.98 Å². The monoisotopic (exact) mass is 254 g/mol. The fourth-order valence-electron chi connectivity index (χ4n) is 2.07. The molecule has 1 heterocycles. The molecule has 2 aromatic rings. The molecule has 2 rings (SSSR count). The van der Waals surface area contributed by atoms with E-state index in [9.17, 15) is 4.79 Å². The van der Waals surface area contributed by atoms with Gasteiger partial charge >= 0.3 is 0 Å². The zero-order valence-electron chi connectivity index (χ0n) is 11.5. The van der Waals surface area contributed by atoms with Crippen molar-refractivity contribution in [1.29, 1.82) is 0 Å². The standard InChI is InChI=1S/C16H18N2O/c1-11-8-12(10-18-9-11)15(19)16(2,3)13-4-6-14(17)7-5-13/h4-10H,17H2,1-3H3. The summed E-state index contributed by atoms with van der Waals surface area (Å²) in [5, 5.41) is 0. The van der Waals surface area contributed by atoms with Crippen LogP contribution in [0.1, 0.15) is 35.3 Å². The number of nitrogen functional groups attached to an aromatic ring is 1. The van der Waals surface area contributed by atoms with E-state index in [1.165, 1.54) is 0 Å². The molecule has 2 N–H and O–H groups in total. The molecule has 0 radical (unpaired) electrons. The summed E-state index contributed by atoms with van der Waals surface area (Å²) in [6, 6.07) is 9.30. The van der Waals surface area contributed by atoms with Crippen LogP contribution >= 0.6 is 0 Å². The summed E-state index contributed by atoms with van der Waals surface area (Å²) >= 11 is 0. The SMILES string of the molecule is Cc1cncc(C(=O)C(C)(C)c2ccc(N)cc2)c1. The van der Waals surface area contributed by atoms with Crippen LogP contribution in [0.4, 0.5) is 5.69 Å². The van der Waals surface area contributed by atoms with Crippen LogP contribution in [0.5, 0.6) is 0 Å². The highest BCUT2D eigenvalue weighted by Crippen LogP contribution is 2.28. The van der Waals surface area contributed by atoms with Gasteiger partial charge in [-0.15, -0.1) is 0 Å². The lowest BCUT2D eigenvalue weighted by molar-refractivity contribution is 0.0908. The summed E-state index contributed by atoms with van der Waals surface area (Å²) in [5.74, 6) is 0.0634. The van der Waals surface area contributed by atoms with Crippen LogP contribution in [0, 0.1) is 6.92 Å². The van der Waals surface area contributed by atoms with Crippen molar-refractivity contribution in [3.8, 4) is 0 Å². The molecule has 0 amide bonds. The Balaban J connectivity index is 2.38. The average Bonchev–Trinajstić information content (AvgIpc) is 2.38. The summed E-state index contributed by atoms with van der Waals surface area (Å²) in [6.45, 7) is 5.77. The zero-order valence-corrected chi connectivity index (χ0v) is 11.5. The minimum atomic E-state index is -0.594. The molecule has 0 aliphatic heterocycles. The van der Waals surface area contributed by atoms with Crippen molar-refractivity contribution in [3.63, 3.8) is 0 Å². The molecule has 0 saturated heterocycles. The van der Waals surface area contributed by atoms with Gasteiger partial charge in [0.15, 0.2) is 5.78 Å². The molecule has 19 heavy (non-hydrogen) atoms. The van der Waals surface area contributed by atoms with E-state index in [0.29, 0.717) is 11.3 Å². The van der Waals surface area contributed by atoms with Crippen LogP contribution < -0.4 is 5.73 Å². The summed E-state index contributed by atoms with van der Waals surface area (Å²) < 4.78 is 0. The van der Waals surface area contributed by atoms with Gasteiger partial charge in [-0.05, 0) is 50.1 Å². The number of anilines is 1. The molecule has 0 spiro atoms. The van der Waals surface area contributed by atoms with E-state index in [-0.39, 0.29) is 5.78 Å². The van der Waals surface area contributed by atoms with Gasteiger partial charge in [-0.25, -0.2) is 0 Å². The summed E-state index contributed by atoms with van der Waals surface area (Å²) in [4.78, 5) is 16.7. The van der Waals surface area contributed by atoms with Gasteiger partial charge in [-0.3, -0.25) is 9.78 Å². The smallest absolute Gasteiger partial charge is 0.174 e. The Hall–Kier alpha value is -2.16. The molecule has 3 heteroatoms. The Labute approximate surface area is 113 Å². The first-order valence-corrected chi connectivity index (χ1v) is 6.24. The fourth-order valence-corrected chi connectivity index (χ4v) is 2.07. The predicted octanol–water partition coefficient (Wildman–Crippen LogP) is 3.13. The number of benzene rings is 1. The van der Waals surface area contributed by atoms with Crippen molar-refractivity contribution in [3.05, 3.63) is 59.4 Å². The highest BCUT2D eigenvalue weighted by atomic mass is 16.1. The lowest BCUT2D eigenvalue weighted by Gasteiger charge is -2.24. The Kier molecular flexibility index (Phi) is 3.38. The highest BCUT2D eigenvalue weighted by Gasteiger charge is 2.30. The molecule has 0 unspecified atom stereocenters. The maximum absolute atomic E-state index is 12.6. The second-order valence-corrected chi connectivity index (χ2v) is 5.33. The van der Waals surface area contributed by atoms with Crippen LogP contribution in [0.15, 0.2) is 42.7 Å². The summed E-state index contributed by atoms with van der Waals surface area (Å²) in [7, 11) is 0. The van der Waals surface area contributed by atoms with Crippen LogP contribution in [-0.4, -0.2) is 10.8 Å². The summed E-state index contributed by atoms with van der Waals surface area (Å²) in [6.07, 6.45) is 3.36. The number of ketones is 1. The first kappa shape index (κ1) is 13.3. The number of carbonyl (C=O) groups is 1.